The van der Waals surface area contributed by atoms with Gasteiger partial charge >= 0.3 is 0 Å². The van der Waals surface area contributed by atoms with Crippen molar-refractivity contribution in [2.75, 3.05) is 13.6 Å². The predicted molar refractivity (Wildman–Crippen MR) is 104 cm³/mol. The fourth-order valence-corrected chi connectivity index (χ4v) is 2.28. The van der Waals surface area contributed by atoms with Crippen LogP contribution in [0.25, 0.3) is 0 Å². The monoisotopic (exact) mass is 435 g/mol. The van der Waals surface area contributed by atoms with Crippen LogP contribution in [-0.2, 0) is 0 Å². The third-order valence-electron chi connectivity index (χ3n) is 3.28. The van der Waals surface area contributed by atoms with Gasteiger partial charge < -0.3 is 15.4 Å². The van der Waals surface area contributed by atoms with Crippen molar-refractivity contribution in [1.29, 1.82) is 0 Å². The van der Waals surface area contributed by atoms with E-state index in [0.29, 0.717) is 17.6 Å². The number of nitrogens with one attached hydrogen (secondary N) is 2. The molecule has 2 rings (SSSR count). The fraction of sp³-hybridized carbons (Fsp3) is 0.438. The molecule has 0 saturated carbocycles. The lowest BCUT2D eigenvalue weighted by Gasteiger charge is -2.20. The first-order valence-electron chi connectivity index (χ1n) is 7.22. The lowest BCUT2D eigenvalue weighted by atomic mass is 10.2. The van der Waals surface area contributed by atoms with Gasteiger partial charge in [-0.2, -0.15) is 0 Å². The van der Waals surface area contributed by atoms with Crippen LogP contribution in [0.5, 0.6) is 5.75 Å². The van der Waals surface area contributed by atoms with E-state index < -0.39 is 0 Å². The van der Waals surface area contributed by atoms with Gasteiger partial charge in [-0.1, -0.05) is 23.8 Å². The molecule has 1 unspecified atom stereocenters. The van der Waals surface area contributed by atoms with Crippen molar-refractivity contribution in [3.63, 3.8) is 0 Å². The van der Waals surface area contributed by atoms with Gasteiger partial charge in [0.25, 0.3) is 0 Å². The van der Waals surface area contributed by atoms with E-state index in [1.807, 2.05) is 31.2 Å². The van der Waals surface area contributed by atoms with E-state index in [1.165, 1.54) is 0 Å². The van der Waals surface area contributed by atoms with Gasteiger partial charge in [0.2, 0.25) is 0 Å². The highest BCUT2D eigenvalue weighted by Crippen LogP contribution is 2.16. The standard InChI is InChI=1S/C16H22ClN3O.HI/c1-12(21-15-9-7-13(17)8-10-15)11-19-16(18-2)20-14-5-3-4-6-14;/h3-4,7-10,12,14H,5-6,11H2,1-2H3,(H2,18,19,20);1H. The molecule has 1 aromatic carbocycles. The molecule has 0 aromatic heterocycles. The Morgan fingerprint density at radius 1 is 1.32 bits per heavy atom. The summed E-state index contributed by atoms with van der Waals surface area (Å²) in [5.74, 6) is 1.63. The molecule has 2 N–H and O–H groups in total. The second-order valence-electron chi connectivity index (χ2n) is 5.12. The van der Waals surface area contributed by atoms with Crippen LogP contribution in [0, 0.1) is 0 Å². The highest BCUT2D eigenvalue weighted by molar-refractivity contribution is 14.0. The summed E-state index contributed by atoms with van der Waals surface area (Å²) < 4.78 is 5.82. The second-order valence-corrected chi connectivity index (χ2v) is 5.56. The Kier molecular flexibility index (Phi) is 8.63. The molecule has 6 heteroatoms. The summed E-state index contributed by atoms with van der Waals surface area (Å²) in [4.78, 5) is 4.24. The zero-order valence-corrected chi connectivity index (χ0v) is 16.0. The molecule has 0 aliphatic heterocycles. The van der Waals surface area contributed by atoms with Crippen molar-refractivity contribution in [3.05, 3.63) is 41.4 Å². The highest BCUT2D eigenvalue weighted by atomic mass is 127. The Bertz CT molecular complexity index is 497. The third-order valence-corrected chi connectivity index (χ3v) is 3.53. The number of halogens is 2. The minimum absolute atomic E-state index is 0. The largest absolute Gasteiger partial charge is 0.489 e. The van der Waals surface area contributed by atoms with Crippen LogP contribution in [0.3, 0.4) is 0 Å². The van der Waals surface area contributed by atoms with E-state index in [1.54, 1.807) is 7.05 Å². The van der Waals surface area contributed by atoms with Crippen LogP contribution in [-0.4, -0.2) is 31.7 Å². The van der Waals surface area contributed by atoms with Crippen molar-refractivity contribution >= 4 is 41.5 Å². The zero-order chi connectivity index (χ0) is 15.1. The Labute approximate surface area is 154 Å². The SMILES string of the molecule is CN=C(NCC(C)Oc1ccc(Cl)cc1)NC1CC=CC1.I. The van der Waals surface area contributed by atoms with Crippen LogP contribution < -0.4 is 15.4 Å². The van der Waals surface area contributed by atoms with Crippen molar-refractivity contribution < 1.29 is 4.74 Å². The smallest absolute Gasteiger partial charge is 0.191 e. The van der Waals surface area contributed by atoms with Crippen LogP contribution >= 0.6 is 35.6 Å². The maximum atomic E-state index is 5.85. The molecular formula is C16H23ClIN3O. The Hall–Kier alpha value is -0.950. The highest BCUT2D eigenvalue weighted by Gasteiger charge is 2.12. The predicted octanol–water partition coefficient (Wildman–Crippen LogP) is 3.61. The van der Waals surface area contributed by atoms with Gasteiger partial charge in [0.1, 0.15) is 11.9 Å². The van der Waals surface area contributed by atoms with Crippen LogP contribution in [0.1, 0.15) is 19.8 Å². The summed E-state index contributed by atoms with van der Waals surface area (Å²) in [6.45, 7) is 2.70. The Morgan fingerprint density at radius 2 is 1.95 bits per heavy atom. The van der Waals surface area contributed by atoms with E-state index in [0.717, 1.165) is 24.6 Å². The van der Waals surface area contributed by atoms with Gasteiger partial charge in [0, 0.05) is 18.1 Å². The summed E-state index contributed by atoms with van der Waals surface area (Å²) in [5, 5.41) is 7.39. The van der Waals surface area contributed by atoms with Gasteiger partial charge in [-0.25, -0.2) is 0 Å². The molecule has 0 fully saturated rings. The summed E-state index contributed by atoms with van der Waals surface area (Å²) in [6, 6.07) is 7.84. The molecule has 22 heavy (non-hydrogen) atoms. The quantitative estimate of drug-likeness (QED) is 0.321. The second kappa shape index (κ2) is 9.94. The zero-order valence-electron chi connectivity index (χ0n) is 12.9. The topological polar surface area (TPSA) is 45.7 Å². The molecule has 1 aromatic rings. The van der Waals surface area contributed by atoms with Gasteiger partial charge in [-0.3, -0.25) is 4.99 Å². The van der Waals surface area contributed by atoms with E-state index in [4.69, 9.17) is 16.3 Å². The molecule has 4 nitrogen and oxygen atoms in total. The summed E-state index contributed by atoms with van der Waals surface area (Å²) in [6.07, 6.45) is 6.52. The maximum absolute atomic E-state index is 5.85. The normalized spacial score (nSPS) is 16.0. The van der Waals surface area contributed by atoms with Gasteiger partial charge in [0.15, 0.2) is 5.96 Å². The van der Waals surface area contributed by atoms with E-state index in [9.17, 15) is 0 Å². The molecule has 1 aliphatic rings. The first-order valence-corrected chi connectivity index (χ1v) is 7.59. The fourth-order valence-electron chi connectivity index (χ4n) is 2.15. The van der Waals surface area contributed by atoms with E-state index >= 15 is 0 Å². The van der Waals surface area contributed by atoms with Crippen LogP contribution in [0.4, 0.5) is 0 Å². The lowest BCUT2D eigenvalue weighted by molar-refractivity contribution is 0.223. The number of guanidine groups is 1. The molecule has 0 saturated heterocycles. The number of benzene rings is 1. The average molecular weight is 436 g/mol. The van der Waals surface area contributed by atoms with Crippen molar-refractivity contribution in [2.24, 2.45) is 4.99 Å². The molecular weight excluding hydrogens is 413 g/mol. The van der Waals surface area contributed by atoms with Crippen molar-refractivity contribution in [3.8, 4) is 5.75 Å². The number of aliphatic imine (C=N–C) groups is 1. The molecule has 0 amide bonds. The molecule has 122 valence electrons. The number of hydrogen-bond donors (Lipinski definition) is 2. The Balaban J connectivity index is 0.00000242. The lowest BCUT2D eigenvalue weighted by Crippen LogP contribution is -2.45. The summed E-state index contributed by atoms with van der Waals surface area (Å²) in [7, 11) is 1.78. The first kappa shape index (κ1) is 19.1. The number of rotatable bonds is 5. The molecule has 1 aliphatic carbocycles. The van der Waals surface area contributed by atoms with Crippen molar-refractivity contribution in [2.45, 2.75) is 31.9 Å². The molecule has 0 spiro atoms. The van der Waals surface area contributed by atoms with Crippen LogP contribution in [0.2, 0.25) is 5.02 Å². The molecule has 1 atom stereocenters. The number of nitrogens with zero attached hydrogens (tertiary/aromatic N) is 1. The number of ether oxygens (including phenoxy) is 1. The summed E-state index contributed by atoms with van der Waals surface area (Å²) in [5.41, 5.74) is 0. The van der Waals surface area contributed by atoms with Crippen molar-refractivity contribution in [1.82, 2.24) is 10.6 Å². The Morgan fingerprint density at radius 3 is 2.55 bits per heavy atom. The van der Waals surface area contributed by atoms with E-state index in [-0.39, 0.29) is 30.1 Å². The minimum atomic E-state index is 0. The average Bonchev–Trinajstić information content (AvgIpc) is 2.99. The third kappa shape index (κ3) is 6.44. The van der Waals surface area contributed by atoms with Gasteiger partial charge in [-0.05, 0) is 44.0 Å². The molecule has 0 bridgehead atoms. The van der Waals surface area contributed by atoms with E-state index in [2.05, 4.69) is 27.8 Å². The summed E-state index contributed by atoms with van der Waals surface area (Å²) >= 11 is 5.85. The molecule has 0 heterocycles. The molecule has 0 radical (unpaired) electrons. The first-order chi connectivity index (χ1) is 10.2. The van der Waals surface area contributed by atoms with Gasteiger partial charge in [0.05, 0.1) is 6.54 Å². The van der Waals surface area contributed by atoms with Gasteiger partial charge in [-0.15, -0.1) is 24.0 Å². The van der Waals surface area contributed by atoms with Crippen LogP contribution in [0.15, 0.2) is 41.4 Å². The minimum Gasteiger partial charge on any atom is -0.489 e. The maximum Gasteiger partial charge on any atom is 0.191 e. The number of hydrogen-bond acceptors (Lipinski definition) is 2.